The second-order valence-electron chi connectivity index (χ2n) is 6.55. The maximum atomic E-state index is 12.0. The molecule has 0 aliphatic heterocycles. The van der Waals surface area contributed by atoms with Crippen molar-refractivity contribution >= 4 is 6.03 Å². The highest BCUT2D eigenvalue weighted by atomic mass is 16.2. The summed E-state index contributed by atoms with van der Waals surface area (Å²) in [6, 6.07) is 5.99. The molecule has 7 heteroatoms. The minimum atomic E-state index is -0.529. The second kappa shape index (κ2) is 6.59. The van der Waals surface area contributed by atoms with Crippen LogP contribution in [0.1, 0.15) is 49.1 Å². The molecule has 128 valence electrons. The Bertz CT molecular complexity index is 732. The molecular weight excluding hydrogens is 304 g/mol. The zero-order chi connectivity index (χ0) is 17.2. The topological polar surface area (TPSA) is 84.7 Å². The van der Waals surface area contributed by atoms with E-state index in [1.54, 1.807) is 11.7 Å². The molecule has 2 N–H and O–H groups in total. The summed E-state index contributed by atoms with van der Waals surface area (Å²) in [5.41, 5.74) is 2.72. The molecule has 0 unspecified atom stereocenters. The Morgan fingerprint density at radius 1 is 1.21 bits per heavy atom. The highest BCUT2D eigenvalue weighted by Gasteiger charge is 2.40. The van der Waals surface area contributed by atoms with Crippen LogP contribution >= 0.6 is 0 Å². The van der Waals surface area contributed by atoms with Crippen LogP contribution in [0, 0.1) is 13.8 Å². The first kappa shape index (κ1) is 16.4. The van der Waals surface area contributed by atoms with Gasteiger partial charge in [-0.15, -0.1) is 5.10 Å². The molecule has 0 spiro atoms. The number of amides is 2. The maximum Gasteiger partial charge on any atom is 0.315 e. The molecule has 1 heterocycles. The lowest BCUT2D eigenvalue weighted by atomic mass is 9.81. The zero-order valence-corrected chi connectivity index (χ0v) is 14.5. The third-order valence-electron chi connectivity index (χ3n) is 4.76. The predicted molar refractivity (Wildman–Crippen MR) is 91.0 cm³/mol. The first-order valence-electron chi connectivity index (χ1n) is 8.42. The van der Waals surface area contributed by atoms with E-state index in [4.69, 9.17) is 0 Å². The fraction of sp³-hybridized carbons (Fsp3) is 0.529. The van der Waals surface area contributed by atoms with Crippen molar-refractivity contribution in [1.29, 1.82) is 0 Å². The number of benzene rings is 1. The number of nitrogens with zero attached hydrogens (tertiary/aromatic N) is 4. The summed E-state index contributed by atoms with van der Waals surface area (Å²) in [6.07, 6.45) is 4.94. The van der Waals surface area contributed by atoms with Crippen molar-refractivity contribution in [2.24, 2.45) is 0 Å². The molecule has 1 aliphatic carbocycles. The van der Waals surface area contributed by atoms with Gasteiger partial charge in [-0.25, -0.2) is 4.79 Å². The van der Waals surface area contributed by atoms with E-state index in [-0.39, 0.29) is 6.03 Å². The molecule has 1 fully saturated rings. The van der Waals surface area contributed by atoms with E-state index < -0.39 is 5.54 Å². The van der Waals surface area contributed by atoms with Crippen LogP contribution in [0.25, 0.3) is 5.69 Å². The van der Waals surface area contributed by atoms with Gasteiger partial charge in [0.2, 0.25) is 0 Å². The quantitative estimate of drug-likeness (QED) is 0.906. The summed E-state index contributed by atoms with van der Waals surface area (Å²) in [5.74, 6) is 0.706. The van der Waals surface area contributed by atoms with E-state index in [2.05, 4.69) is 39.1 Å². The normalized spacial score (nSPS) is 16.6. The summed E-state index contributed by atoms with van der Waals surface area (Å²) in [6.45, 7) is 4.11. The largest absolute Gasteiger partial charge is 0.341 e. The number of aryl methyl sites for hydroxylation is 2. The molecule has 3 rings (SSSR count). The Kier molecular flexibility index (Phi) is 4.51. The summed E-state index contributed by atoms with van der Waals surface area (Å²) < 4.78 is 1.77. The second-order valence-corrected chi connectivity index (χ2v) is 6.55. The van der Waals surface area contributed by atoms with Gasteiger partial charge in [-0.2, -0.15) is 4.68 Å². The molecule has 0 radical (unpaired) electrons. The average molecular weight is 328 g/mol. The number of rotatable bonds is 3. The van der Waals surface area contributed by atoms with Gasteiger partial charge in [-0.3, -0.25) is 0 Å². The van der Waals surface area contributed by atoms with Crippen molar-refractivity contribution in [2.45, 2.75) is 51.5 Å². The van der Waals surface area contributed by atoms with Crippen molar-refractivity contribution in [3.8, 4) is 5.69 Å². The standard InChI is InChI=1S/C17H24N6O/c1-12-7-8-14(13(2)11-12)23-15(20-21-22-23)17(19-16(24)18-3)9-5-4-6-10-17/h7-8,11H,4-6,9-10H2,1-3H3,(H2,18,19,24). The van der Waals surface area contributed by atoms with Crippen LogP contribution in [0.4, 0.5) is 4.79 Å². The summed E-state index contributed by atoms with van der Waals surface area (Å²) in [4.78, 5) is 12.0. The van der Waals surface area contributed by atoms with Crippen LogP contribution in [0.5, 0.6) is 0 Å². The number of hydrogen-bond acceptors (Lipinski definition) is 4. The van der Waals surface area contributed by atoms with Crippen LogP contribution in [0.15, 0.2) is 18.2 Å². The van der Waals surface area contributed by atoms with Gasteiger partial charge in [-0.1, -0.05) is 37.0 Å². The molecule has 2 amide bonds. The Morgan fingerprint density at radius 3 is 2.62 bits per heavy atom. The monoisotopic (exact) mass is 328 g/mol. The van der Waals surface area contributed by atoms with Gasteiger partial charge in [0.15, 0.2) is 5.82 Å². The van der Waals surface area contributed by atoms with Gasteiger partial charge in [0.05, 0.1) is 5.69 Å². The number of carbonyl (C=O) groups is 1. The SMILES string of the molecule is CNC(=O)NC1(c2nnnn2-c2ccc(C)cc2C)CCCCC1. The van der Waals surface area contributed by atoms with Gasteiger partial charge in [0.25, 0.3) is 0 Å². The van der Waals surface area contributed by atoms with E-state index in [1.165, 1.54) is 12.0 Å². The number of urea groups is 1. The molecule has 1 aromatic heterocycles. The fourth-order valence-corrected chi connectivity index (χ4v) is 3.53. The average Bonchev–Trinajstić information content (AvgIpc) is 3.05. The number of carbonyl (C=O) groups excluding carboxylic acids is 1. The Labute approximate surface area is 141 Å². The van der Waals surface area contributed by atoms with Crippen LogP contribution in [0.2, 0.25) is 0 Å². The van der Waals surface area contributed by atoms with E-state index in [0.717, 1.165) is 36.9 Å². The Balaban J connectivity index is 2.07. The lowest BCUT2D eigenvalue weighted by Crippen LogP contribution is -2.51. The van der Waals surface area contributed by atoms with Crippen LogP contribution in [0.3, 0.4) is 0 Å². The third-order valence-corrected chi connectivity index (χ3v) is 4.76. The molecule has 7 nitrogen and oxygen atoms in total. The fourth-order valence-electron chi connectivity index (χ4n) is 3.53. The van der Waals surface area contributed by atoms with Gasteiger partial charge >= 0.3 is 6.03 Å². The van der Waals surface area contributed by atoms with Crippen LogP contribution < -0.4 is 10.6 Å². The predicted octanol–water partition coefficient (Wildman–Crippen LogP) is 2.37. The minimum Gasteiger partial charge on any atom is -0.341 e. The molecule has 0 atom stereocenters. The first-order chi connectivity index (χ1) is 11.6. The highest BCUT2D eigenvalue weighted by Crippen LogP contribution is 2.36. The maximum absolute atomic E-state index is 12.0. The number of hydrogen-bond donors (Lipinski definition) is 2. The van der Waals surface area contributed by atoms with Crippen molar-refractivity contribution < 1.29 is 4.79 Å². The smallest absolute Gasteiger partial charge is 0.315 e. The van der Waals surface area contributed by atoms with Gasteiger partial charge in [0, 0.05) is 7.05 Å². The molecule has 24 heavy (non-hydrogen) atoms. The first-order valence-corrected chi connectivity index (χ1v) is 8.42. The lowest BCUT2D eigenvalue weighted by molar-refractivity contribution is 0.196. The summed E-state index contributed by atoms with van der Waals surface area (Å²) >= 11 is 0. The Morgan fingerprint density at radius 2 is 1.96 bits per heavy atom. The summed E-state index contributed by atoms with van der Waals surface area (Å²) in [5, 5.41) is 18.2. The van der Waals surface area contributed by atoms with Gasteiger partial charge in [0.1, 0.15) is 5.54 Å². The third kappa shape index (κ3) is 2.98. The van der Waals surface area contributed by atoms with Crippen molar-refractivity contribution in [3.63, 3.8) is 0 Å². The molecular formula is C17H24N6O. The molecule has 0 bridgehead atoms. The minimum absolute atomic E-state index is 0.202. The van der Waals surface area contributed by atoms with E-state index >= 15 is 0 Å². The van der Waals surface area contributed by atoms with Crippen molar-refractivity contribution in [3.05, 3.63) is 35.2 Å². The van der Waals surface area contributed by atoms with E-state index in [1.807, 2.05) is 19.1 Å². The van der Waals surface area contributed by atoms with Crippen molar-refractivity contribution in [2.75, 3.05) is 7.05 Å². The van der Waals surface area contributed by atoms with Crippen LogP contribution in [-0.4, -0.2) is 33.3 Å². The van der Waals surface area contributed by atoms with Gasteiger partial charge < -0.3 is 10.6 Å². The van der Waals surface area contributed by atoms with E-state index in [9.17, 15) is 4.79 Å². The molecule has 2 aromatic rings. The van der Waals surface area contributed by atoms with Crippen LogP contribution in [-0.2, 0) is 5.54 Å². The number of tetrazole rings is 1. The molecule has 1 saturated carbocycles. The molecule has 0 saturated heterocycles. The number of nitrogens with one attached hydrogen (secondary N) is 2. The lowest BCUT2D eigenvalue weighted by Gasteiger charge is -2.36. The molecule has 1 aliphatic rings. The van der Waals surface area contributed by atoms with E-state index in [0.29, 0.717) is 5.82 Å². The zero-order valence-electron chi connectivity index (χ0n) is 14.5. The Hall–Kier alpha value is -2.44. The summed E-state index contributed by atoms with van der Waals surface area (Å²) in [7, 11) is 1.62. The van der Waals surface area contributed by atoms with Gasteiger partial charge in [-0.05, 0) is 48.7 Å². The number of aromatic nitrogens is 4. The molecule has 1 aromatic carbocycles. The highest BCUT2D eigenvalue weighted by molar-refractivity contribution is 5.74. The van der Waals surface area contributed by atoms with Crippen molar-refractivity contribution in [1.82, 2.24) is 30.8 Å².